The Morgan fingerprint density at radius 1 is 1.17 bits per heavy atom. The monoisotopic (exact) mass is 539 g/mol. The molecule has 3 aromatic carbocycles. The summed E-state index contributed by atoms with van der Waals surface area (Å²) >= 11 is 6.00. The van der Waals surface area contributed by atoms with E-state index >= 15 is 4.39 Å². The molecule has 6 nitrogen and oxygen atoms in total. The second-order valence-electron chi connectivity index (χ2n) is 8.62. The molecular formula is C25H21ClF3NO5S. The summed E-state index contributed by atoms with van der Waals surface area (Å²) in [5, 5.41) is 8.83. The van der Waals surface area contributed by atoms with Crippen LogP contribution in [0.25, 0.3) is 11.1 Å². The van der Waals surface area contributed by atoms with E-state index in [2.05, 4.69) is 0 Å². The summed E-state index contributed by atoms with van der Waals surface area (Å²) < 4.78 is 77.4. The number of carbonyl (C=O) groups is 1. The lowest BCUT2D eigenvalue weighted by atomic mass is 10.0. The smallest absolute Gasteiger partial charge is 0.306 e. The standard InChI is InChI=1S/C25H21ClF3NO5S/c1-13-4-3-5-18(6-13)36(33,34)30-12-17(7-14(2)25(31)32)35-24-21(29)8-15(9-22(24)30)19-10-16(27)11-20(28)23(19)26/h3-6,8-11,14,17H,7,12H2,1-2H3,(H,31,32)/t14-,17-/m0/s1. The van der Waals surface area contributed by atoms with Crippen molar-refractivity contribution in [2.45, 2.75) is 31.3 Å². The van der Waals surface area contributed by atoms with Gasteiger partial charge in [-0.25, -0.2) is 21.6 Å². The van der Waals surface area contributed by atoms with Gasteiger partial charge in [-0.05, 0) is 54.8 Å². The molecule has 4 rings (SSSR count). The number of rotatable bonds is 6. The minimum Gasteiger partial charge on any atom is -0.483 e. The highest BCUT2D eigenvalue weighted by Crippen LogP contribution is 2.44. The third kappa shape index (κ3) is 4.87. The molecule has 11 heteroatoms. The van der Waals surface area contributed by atoms with Crippen LogP contribution in [0.15, 0.2) is 53.4 Å². The maximum atomic E-state index is 15.4. The number of hydrogen-bond donors (Lipinski definition) is 1. The van der Waals surface area contributed by atoms with Gasteiger partial charge in [0.05, 0.1) is 28.1 Å². The van der Waals surface area contributed by atoms with Gasteiger partial charge in [-0.2, -0.15) is 0 Å². The molecule has 0 unspecified atom stereocenters. The largest absolute Gasteiger partial charge is 0.483 e. The molecule has 0 saturated heterocycles. The van der Waals surface area contributed by atoms with Crippen molar-refractivity contribution in [1.29, 1.82) is 0 Å². The molecule has 0 aliphatic carbocycles. The van der Waals surface area contributed by atoms with E-state index in [1.54, 1.807) is 19.1 Å². The number of nitrogens with zero attached hydrogens (tertiary/aromatic N) is 1. The van der Waals surface area contributed by atoms with Crippen molar-refractivity contribution < 1.29 is 36.2 Å². The van der Waals surface area contributed by atoms with Crippen LogP contribution < -0.4 is 9.04 Å². The average Bonchev–Trinajstić information content (AvgIpc) is 2.81. The van der Waals surface area contributed by atoms with E-state index in [-0.39, 0.29) is 34.7 Å². The van der Waals surface area contributed by atoms with Crippen molar-refractivity contribution in [2.75, 3.05) is 10.8 Å². The minimum atomic E-state index is -4.27. The maximum Gasteiger partial charge on any atom is 0.306 e. The van der Waals surface area contributed by atoms with Crippen molar-refractivity contribution in [2.24, 2.45) is 5.92 Å². The van der Waals surface area contributed by atoms with Gasteiger partial charge in [0.15, 0.2) is 11.6 Å². The third-order valence-electron chi connectivity index (χ3n) is 5.87. The van der Waals surface area contributed by atoms with Crippen molar-refractivity contribution in [1.82, 2.24) is 0 Å². The SMILES string of the molecule is Cc1cccc(S(=O)(=O)N2C[C@H](C[C@H](C)C(=O)O)Oc3c(F)cc(-c4cc(F)cc(F)c4Cl)cc32)c1. The second-order valence-corrected chi connectivity index (χ2v) is 10.9. The topological polar surface area (TPSA) is 83.9 Å². The Bertz CT molecular complexity index is 1460. The molecule has 1 aliphatic rings. The molecule has 2 atom stereocenters. The zero-order valence-corrected chi connectivity index (χ0v) is 20.7. The Morgan fingerprint density at radius 3 is 2.56 bits per heavy atom. The fourth-order valence-electron chi connectivity index (χ4n) is 4.04. The first-order valence-electron chi connectivity index (χ1n) is 10.9. The molecule has 0 fully saturated rings. The van der Waals surface area contributed by atoms with Gasteiger partial charge in [0.25, 0.3) is 10.0 Å². The number of carboxylic acids is 1. The lowest BCUT2D eigenvalue weighted by Gasteiger charge is -2.36. The van der Waals surface area contributed by atoms with Crippen LogP contribution in [-0.2, 0) is 14.8 Å². The fraction of sp³-hybridized carbons (Fsp3) is 0.240. The van der Waals surface area contributed by atoms with E-state index in [9.17, 15) is 27.1 Å². The normalized spacial score (nSPS) is 16.3. The first-order chi connectivity index (χ1) is 16.9. The third-order valence-corrected chi connectivity index (χ3v) is 8.03. The van der Waals surface area contributed by atoms with Gasteiger partial charge < -0.3 is 9.84 Å². The number of fused-ring (bicyclic) bond motifs is 1. The molecule has 0 bridgehead atoms. The van der Waals surface area contributed by atoms with E-state index in [0.717, 1.165) is 16.4 Å². The number of aryl methyl sites for hydroxylation is 1. The number of anilines is 1. The molecule has 0 spiro atoms. The first-order valence-corrected chi connectivity index (χ1v) is 12.7. The maximum absolute atomic E-state index is 15.4. The van der Waals surface area contributed by atoms with Crippen molar-refractivity contribution in [3.05, 3.63) is 76.6 Å². The Balaban J connectivity index is 1.90. The molecule has 1 heterocycles. The summed E-state index contributed by atoms with van der Waals surface area (Å²) in [6.07, 6.45) is -1.06. The highest BCUT2D eigenvalue weighted by Gasteiger charge is 2.38. The van der Waals surface area contributed by atoms with Crippen LogP contribution in [0.1, 0.15) is 18.9 Å². The van der Waals surface area contributed by atoms with Crippen LogP contribution in [0.3, 0.4) is 0 Å². The number of hydrogen-bond acceptors (Lipinski definition) is 4. The highest BCUT2D eigenvalue weighted by molar-refractivity contribution is 7.92. The van der Waals surface area contributed by atoms with Gasteiger partial charge in [0.1, 0.15) is 17.7 Å². The van der Waals surface area contributed by atoms with E-state index in [1.165, 1.54) is 25.1 Å². The van der Waals surface area contributed by atoms with Crippen LogP contribution in [0.2, 0.25) is 5.02 Å². The number of ether oxygens (including phenoxy) is 1. The van der Waals surface area contributed by atoms with Crippen LogP contribution in [0, 0.1) is 30.3 Å². The first kappa shape index (κ1) is 25.8. The van der Waals surface area contributed by atoms with Gasteiger partial charge in [-0.1, -0.05) is 30.7 Å². The van der Waals surface area contributed by atoms with E-state index in [4.69, 9.17) is 16.3 Å². The van der Waals surface area contributed by atoms with Crippen molar-refractivity contribution in [3.8, 4) is 16.9 Å². The molecule has 3 aromatic rings. The molecule has 190 valence electrons. The van der Waals surface area contributed by atoms with Crippen LogP contribution in [0.4, 0.5) is 18.9 Å². The predicted molar refractivity (Wildman–Crippen MR) is 128 cm³/mol. The van der Waals surface area contributed by atoms with Crippen molar-refractivity contribution >= 4 is 33.3 Å². The quantitative estimate of drug-likeness (QED) is 0.400. The molecule has 36 heavy (non-hydrogen) atoms. The zero-order valence-electron chi connectivity index (χ0n) is 19.1. The number of aliphatic carboxylic acids is 1. The van der Waals surface area contributed by atoms with Crippen molar-refractivity contribution in [3.63, 3.8) is 0 Å². The summed E-state index contributed by atoms with van der Waals surface area (Å²) in [5.41, 5.74) is 0.222. The lowest BCUT2D eigenvalue weighted by Crippen LogP contribution is -2.44. The number of halogens is 4. The minimum absolute atomic E-state index is 0.0685. The van der Waals surface area contributed by atoms with Gasteiger partial charge in [-0.15, -0.1) is 0 Å². The number of carboxylic acid groups (broad SMARTS) is 1. The van der Waals surface area contributed by atoms with Crippen LogP contribution in [-0.4, -0.2) is 32.1 Å². The lowest BCUT2D eigenvalue weighted by molar-refractivity contribution is -0.142. The van der Waals surface area contributed by atoms with Gasteiger partial charge >= 0.3 is 5.97 Å². The van der Waals surface area contributed by atoms with Crippen LogP contribution >= 0.6 is 11.6 Å². The molecule has 0 aromatic heterocycles. The average molecular weight is 540 g/mol. The molecule has 0 amide bonds. The molecule has 1 aliphatic heterocycles. The second kappa shape index (κ2) is 9.67. The Morgan fingerprint density at radius 2 is 1.89 bits per heavy atom. The Hall–Kier alpha value is -3.24. The zero-order chi connectivity index (χ0) is 26.4. The molecular weight excluding hydrogens is 519 g/mol. The van der Waals surface area contributed by atoms with Gasteiger partial charge in [0, 0.05) is 11.6 Å². The van der Waals surface area contributed by atoms with Gasteiger partial charge in [0.2, 0.25) is 0 Å². The summed E-state index contributed by atoms with van der Waals surface area (Å²) in [7, 11) is -4.27. The van der Waals surface area contributed by atoms with Gasteiger partial charge in [-0.3, -0.25) is 9.10 Å². The fourth-order valence-corrected chi connectivity index (χ4v) is 5.85. The van der Waals surface area contributed by atoms with E-state index in [1.807, 2.05) is 0 Å². The summed E-state index contributed by atoms with van der Waals surface area (Å²) in [5.74, 6) is -5.44. The summed E-state index contributed by atoms with van der Waals surface area (Å²) in [6, 6.07) is 9.73. The Labute approximate surface area is 210 Å². The van der Waals surface area contributed by atoms with Crippen LogP contribution in [0.5, 0.6) is 5.75 Å². The number of sulfonamides is 1. The summed E-state index contributed by atoms with van der Waals surface area (Å²) in [4.78, 5) is 11.3. The Kier molecular flexibility index (Phi) is 6.94. The molecule has 0 radical (unpaired) electrons. The predicted octanol–water partition coefficient (Wildman–Crippen LogP) is 5.80. The molecule has 1 N–H and O–H groups in total. The number of benzene rings is 3. The van der Waals surface area contributed by atoms with E-state index in [0.29, 0.717) is 11.6 Å². The molecule has 0 saturated carbocycles. The summed E-state index contributed by atoms with van der Waals surface area (Å²) in [6.45, 7) is 2.83. The highest BCUT2D eigenvalue weighted by atomic mass is 35.5. The van der Waals surface area contributed by atoms with E-state index < -0.39 is 56.2 Å².